The summed E-state index contributed by atoms with van der Waals surface area (Å²) in [5, 5.41) is 12.8. The number of fused-ring (bicyclic) bond motifs is 1. The van der Waals surface area contributed by atoms with Gasteiger partial charge in [-0.15, -0.1) is 0 Å². The first kappa shape index (κ1) is 25.8. The molecule has 2 unspecified atom stereocenters. The van der Waals surface area contributed by atoms with E-state index in [4.69, 9.17) is 15.2 Å². The Hall–Kier alpha value is -2.77. The number of benzene rings is 2. The van der Waals surface area contributed by atoms with Crippen molar-refractivity contribution in [2.45, 2.75) is 59.0 Å². The monoisotopic (exact) mass is 469 g/mol. The lowest BCUT2D eigenvalue weighted by atomic mass is 9.97. The second kappa shape index (κ2) is 12.1. The summed E-state index contributed by atoms with van der Waals surface area (Å²) in [5.41, 5.74) is 10.7. The zero-order chi connectivity index (χ0) is 24.7. The van der Waals surface area contributed by atoms with Crippen molar-refractivity contribution < 1.29 is 19.4 Å². The zero-order valence-electron chi connectivity index (χ0n) is 20.9. The highest BCUT2D eigenvalue weighted by Gasteiger charge is 2.30. The summed E-state index contributed by atoms with van der Waals surface area (Å²) in [5.74, 6) is 1.12. The molecule has 4 N–H and O–H groups in total. The fraction of sp³-hybridized carbons (Fsp3) is 0.519. The van der Waals surface area contributed by atoms with Crippen LogP contribution < -0.4 is 25.4 Å². The molecule has 7 nitrogen and oxygen atoms in total. The molecule has 3 rings (SSSR count). The van der Waals surface area contributed by atoms with Crippen LogP contribution in [-0.2, 0) is 12.8 Å². The van der Waals surface area contributed by atoms with E-state index in [0.29, 0.717) is 38.3 Å². The van der Waals surface area contributed by atoms with Gasteiger partial charge in [-0.1, -0.05) is 12.1 Å². The zero-order valence-corrected chi connectivity index (χ0v) is 20.9. The number of aliphatic hydroxyl groups excluding tert-OH is 1. The quantitative estimate of drug-likeness (QED) is 0.390. The summed E-state index contributed by atoms with van der Waals surface area (Å²) in [6.45, 7) is 10.9. The minimum Gasteiger partial charge on any atom is -0.490 e. The van der Waals surface area contributed by atoms with Crippen molar-refractivity contribution in [3.8, 4) is 11.5 Å². The number of primary amides is 1. The average molecular weight is 470 g/mol. The third kappa shape index (κ3) is 6.42. The van der Waals surface area contributed by atoms with Gasteiger partial charge in [-0.2, -0.15) is 0 Å². The van der Waals surface area contributed by atoms with E-state index < -0.39 is 5.91 Å². The van der Waals surface area contributed by atoms with Gasteiger partial charge in [0.1, 0.15) is 6.61 Å². The number of anilines is 1. The van der Waals surface area contributed by atoms with E-state index in [1.54, 1.807) is 0 Å². The van der Waals surface area contributed by atoms with Crippen LogP contribution >= 0.6 is 0 Å². The summed E-state index contributed by atoms with van der Waals surface area (Å²) < 4.78 is 11.6. The molecule has 2 atom stereocenters. The maximum Gasteiger partial charge on any atom is 0.250 e. The second-order valence-electron chi connectivity index (χ2n) is 9.13. The molecule has 0 aliphatic carbocycles. The molecule has 0 radical (unpaired) electrons. The summed E-state index contributed by atoms with van der Waals surface area (Å²) in [6, 6.07) is 10.6. The van der Waals surface area contributed by atoms with Crippen molar-refractivity contribution in [1.29, 1.82) is 0 Å². The van der Waals surface area contributed by atoms with Gasteiger partial charge in [0, 0.05) is 31.8 Å². The SMILES string of the molecule is CCOc1cc(C)ccc1OCCNC(C)Cc1cc2c(c(C(N)=O)c1)N(CCCO)C(C)C2. The lowest BCUT2D eigenvalue weighted by Crippen LogP contribution is -2.33. The summed E-state index contributed by atoms with van der Waals surface area (Å²) >= 11 is 0. The second-order valence-corrected chi connectivity index (χ2v) is 9.13. The number of nitrogens with one attached hydrogen (secondary N) is 1. The Morgan fingerprint density at radius 1 is 1.26 bits per heavy atom. The van der Waals surface area contributed by atoms with E-state index in [0.717, 1.165) is 46.7 Å². The van der Waals surface area contributed by atoms with Crippen molar-refractivity contribution in [3.63, 3.8) is 0 Å². The molecule has 2 aromatic carbocycles. The van der Waals surface area contributed by atoms with Gasteiger partial charge >= 0.3 is 0 Å². The van der Waals surface area contributed by atoms with Crippen molar-refractivity contribution in [3.05, 3.63) is 52.6 Å². The predicted molar refractivity (Wildman–Crippen MR) is 136 cm³/mol. The van der Waals surface area contributed by atoms with E-state index in [1.807, 2.05) is 38.1 Å². The molecule has 0 fully saturated rings. The number of amides is 1. The van der Waals surface area contributed by atoms with Crippen molar-refractivity contribution >= 4 is 11.6 Å². The van der Waals surface area contributed by atoms with Crippen molar-refractivity contribution in [2.75, 3.05) is 37.8 Å². The van der Waals surface area contributed by atoms with Crippen LogP contribution in [0.2, 0.25) is 0 Å². The molecule has 1 aliphatic rings. The minimum atomic E-state index is -0.404. The average Bonchev–Trinajstić information content (AvgIpc) is 3.10. The molecule has 0 bridgehead atoms. The van der Waals surface area contributed by atoms with Crippen LogP contribution in [0.3, 0.4) is 0 Å². The number of ether oxygens (including phenoxy) is 2. The maximum atomic E-state index is 12.3. The van der Waals surface area contributed by atoms with Gasteiger partial charge in [0.05, 0.1) is 17.9 Å². The summed E-state index contributed by atoms with van der Waals surface area (Å²) in [6.07, 6.45) is 2.33. The fourth-order valence-electron chi connectivity index (χ4n) is 4.68. The Balaban J connectivity index is 1.59. The molecule has 1 aliphatic heterocycles. The number of nitrogens with zero attached hydrogens (tertiary/aromatic N) is 1. The molecule has 0 saturated heterocycles. The Labute approximate surface area is 203 Å². The van der Waals surface area contributed by atoms with Gasteiger partial charge in [0.2, 0.25) is 0 Å². The van der Waals surface area contributed by atoms with Crippen LogP contribution in [0.5, 0.6) is 11.5 Å². The van der Waals surface area contributed by atoms with E-state index >= 15 is 0 Å². The number of hydrogen-bond donors (Lipinski definition) is 3. The number of carbonyl (C=O) groups excluding carboxylic acids is 1. The van der Waals surface area contributed by atoms with Crippen molar-refractivity contribution in [1.82, 2.24) is 5.32 Å². The Bertz CT molecular complexity index is 979. The van der Waals surface area contributed by atoms with Crippen LogP contribution in [0.1, 0.15) is 54.2 Å². The molecule has 1 amide bonds. The first-order valence-corrected chi connectivity index (χ1v) is 12.3. The number of aliphatic hydroxyl groups is 1. The molecule has 0 saturated carbocycles. The van der Waals surface area contributed by atoms with Crippen LogP contribution in [0.25, 0.3) is 0 Å². The fourth-order valence-corrected chi connectivity index (χ4v) is 4.68. The molecule has 0 spiro atoms. The smallest absolute Gasteiger partial charge is 0.250 e. The van der Waals surface area contributed by atoms with Gasteiger partial charge in [-0.25, -0.2) is 0 Å². The van der Waals surface area contributed by atoms with E-state index in [-0.39, 0.29) is 18.7 Å². The van der Waals surface area contributed by atoms with Gasteiger partial charge in [-0.3, -0.25) is 4.79 Å². The molecule has 34 heavy (non-hydrogen) atoms. The maximum absolute atomic E-state index is 12.3. The molecular formula is C27H39N3O4. The Morgan fingerprint density at radius 2 is 2.06 bits per heavy atom. The number of nitrogens with two attached hydrogens (primary N) is 1. The molecule has 186 valence electrons. The summed E-state index contributed by atoms with van der Waals surface area (Å²) in [7, 11) is 0. The van der Waals surface area contributed by atoms with Gasteiger partial charge in [0.25, 0.3) is 5.91 Å². The van der Waals surface area contributed by atoms with Gasteiger partial charge in [0.15, 0.2) is 11.5 Å². The highest BCUT2D eigenvalue weighted by atomic mass is 16.5. The third-order valence-corrected chi connectivity index (χ3v) is 6.20. The lowest BCUT2D eigenvalue weighted by Gasteiger charge is -2.26. The van der Waals surface area contributed by atoms with E-state index in [9.17, 15) is 9.90 Å². The molecular weight excluding hydrogens is 430 g/mol. The van der Waals surface area contributed by atoms with Crippen LogP contribution in [0.15, 0.2) is 30.3 Å². The minimum absolute atomic E-state index is 0.131. The molecule has 1 heterocycles. The highest BCUT2D eigenvalue weighted by Crippen LogP contribution is 2.36. The lowest BCUT2D eigenvalue weighted by molar-refractivity contribution is 0.100. The number of aryl methyl sites for hydroxylation is 1. The Kier molecular flexibility index (Phi) is 9.19. The first-order chi connectivity index (χ1) is 16.3. The normalized spacial score (nSPS) is 15.8. The standard InChI is InChI=1S/C27H39N3O4/c1-5-33-25-13-18(2)7-8-24(25)34-12-9-29-19(3)14-21-16-22-15-20(4)30(10-6-11-31)26(22)23(17-21)27(28)32/h7-8,13,16-17,19-20,29,31H,5-6,9-12,14-15H2,1-4H3,(H2,28,32). The van der Waals surface area contributed by atoms with Gasteiger partial charge in [-0.05, 0) is 81.8 Å². The number of rotatable bonds is 13. The molecule has 0 aromatic heterocycles. The number of hydrogen-bond acceptors (Lipinski definition) is 6. The topological polar surface area (TPSA) is 97.1 Å². The first-order valence-electron chi connectivity index (χ1n) is 12.3. The van der Waals surface area contributed by atoms with Crippen LogP contribution in [-0.4, -0.2) is 56.0 Å². The summed E-state index contributed by atoms with van der Waals surface area (Å²) in [4.78, 5) is 14.5. The van der Waals surface area contributed by atoms with Crippen molar-refractivity contribution in [2.24, 2.45) is 5.73 Å². The number of carbonyl (C=O) groups is 1. The van der Waals surface area contributed by atoms with Crippen LogP contribution in [0.4, 0.5) is 5.69 Å². The van der Waals surface area contributed by atoms with E-state index in [1.165, 1.54) is 0 Å². The predicted octanol–water partition coefficient (Wildman–Crippen LogP) is 3.23. The van der Waals surface area contributed by atoms with Gasteiger partial charge < -0.3 is 30.5 Å². The van der Waals surface area contributed by atoms with E-state index in [2.05, 4.69) is 30.1 Å². The van der Waals surface area contributed by atoms with Crippen LogP contribution in [0, 0.1) is 6.92 Å². The Morgan fingerprint density at radius 3 is 2.76 bits per heavy atom. The molecule has 2 aromatic rings. The largest absolute Gasteiger partial charge is 0.490 e. The molecule has 7 heteroatoms. The highest BCUT2D eigenvalue weighted by molar-refractivity contribution is 6.00. The third-order valence-electron chi connectivity index (χ3n) is 6.20.